The molecule has 0 amide bonds. The smallest absolute Gasteiger partial charge is 0.243 e. The normalized spacial score (nSPS) is 21.9. The van der Waals surface area contributed by atoms with E-state index in [4.69, 9.17) is 32.5 Å². The van der Waals surface area contributed by atoms with Crippen LogP contribution in [0.15, 0.2) is 22.7 Å². The van der Waals surface area contributed by atoms with Crippen LogP contribution in [0.2, 0.25) is 10.0 Å². The van der Waals surface area contributed by atoms with E-state index in [1.165, 1.54) is 0 Å². The predicted octanol–water partition coefficient (Wildman–Crippen LogP) is 3.02. The summed E-state index contributed by atoms with van der Waals surface area (Å²) < 4.78 is 10.6. The van der Waals surface area contributed by atoms with Crippen molar-refractivity contribution >= 4 is 23.2 Å². The van der Waals surface area contributed by atoms with Gasteiger partial charge in [0.25, 0.3) is 0 Å². The molecule has 2 aromatic rings. The van der Waals surface area contributed by atoms with Crippen molar-refractivity contribution in [3.05, 3.63) is 45.5 Å². The number of benzene rings is 1. The Bertz CT molecular complexity index is 612. The molecule has 1 N–H and O–H groups in total. The van der Waals surface area contributed by atoms with Gasteiger partial charge in [-0.25, -0.2) is 0 Å². The maximum absolute atomic E-state index is 6.15. The molecule has 1 saturated heterocycles. The number of aromatic nitrogens is 2. The first-order valence-corrected chi connectivity index (χ1v) is 7.44. The second-order valence-corrected chi connectivity index (χ2v) is 5.79. The van der Waals surface area contributed by atoms with Crippen LogP contribution in [0.1, 0.15) is 29.7 Å². The van der Waals surface area contributed by atoms with Crippen molar-refractivity contribution in [2.45, 2.75) is 25.0 Å². The van der Waals surface area contributed by atoms with Gasteiger partial charge in [-0.15, -0.1) is 0 Å². The Labute approximate surface area is 132 Å². The molecule has 2 atom stereocenters. The standard InChI is InChI=1S/C14H15Cl2N3O2/c1-20-8-5-12(17-7-8)14-18-13(19-21-14)6-9-10(15)3-2-4-11(9)16/h2-4,8,12,17H,5-7H2,1H3/t8-,12+/m0/s1. The summed E-state index contributed by atoms with van der Waals surface area (Å²) in [5, 5.41) is 8.51. The molecule has 0 spiro atoms. The van der Waals surface area contributed by atoms with E-state index < -0.39 is 0 Å². The molecule has 5 nitrogen and oxygen atoms in total. The molecule has 1 aromatic heterocycles. The lowest BCUT2D eigenvalue weighted by atomic mass is 10.1. The number of hydrogen-bond acceptors (Lipinski definition) is 5. The van der Waals surface area contributed by atoms with E-state index in [1.807, 2.05) is 6.07 Å². The van der Waals surface area contributed by atoms with E-state index in [-0.39, 0.29) is 12.1 Å². The summed E-state index contributed by atoms with van der Waals surface area (Å²) >= 11 is 12.3. The highest BCUT2D eigenvalue weighted by Crippen LogP contribution is 2.27. The van der Waals surface area contributed by atoms with Crippen LogP contribution in [0.5, 0.6) is 0 Å². The van der Waals surface area contributed by atoms with Gasteiger partial charge in [-0.2, -0.15) is 4.98 Å². The zero-order valence-electron chi connectivity index (χ0n) is 11.5. The molecule has 0 unspecified atom stereocenters. The van der Waals surface area contributed by atoms with Crippen LogP contribution in [-0.4, -0.2) is 29.9 Å². The van der Waals surface area contributed by atoms with Crippen molar-refractivity contribution in [1.82, 2.24) is 15.5 Å². The molecule has 0 bridgehead atoms. The first-order valence-electron chi connectivity index (χ1n) is 6.69. The number of ether oxygens (including phenoxy) is 1. The van der Waals surface area contributed by atoms with Gasteiger partial charge in [-0.3, -0.25) is 0 Å². The summed E-state index contributed by atoms with van der Waals surface area (Å²) in [5.41, 5.74) is 0.808. The third-order valence-corrected chi connectivity index (χ3v) is 4.31. The molecule has 1 fully saturated rings. The zero-order chi connectivity index (χ0) is 14.8. The van der Waals surface area contributed by atoms with E-state index in [1.54, 1.807) is 19.2 Å². The first kappa shape index (κ1) is 14.8. The highest BCUT2D eigenvalue weighted by Gasteiger charge is 2.29. The van der Waals surface area contributed by atoms with E-state index in [9.17, 15) is 0 Å². The lowest BCUT2D eigenvalue weighted by molar-refractivity contribution is 0.116. The Kier molecular flexibility index (Phi) is 4.45. The van der Waals surface area contributed by atoms with Crippen molar-refractivity contribution in [3.8, 4) is 0 Å². The maximum Gasteiger partial charge on any atom is 0.243 e. The van der Waals surface area contributed by atoms with Crippen molar-refractivity contribution in [2.24, 2.45) is 0 Å². The monoisotopic (exact) mass is 327 g/mol. The largest absolute Gasteiger partial charge is 0.380 e. The molecular formula is C14H15Cl2N3O2. The number of methoxy groups -OCH3 is 1. The molecule has 3 rings (SSSR count). The van der Waals surface area contributed by atoms with Crippen LogP contribution in [0.4, 0.5) is 0 Å². The van der Waals surface area contributed by atoms with Crippen LogP contribution in [0.3, 0.4) is 0 Å². The van der Waals surface area contributed by atoms with Crippen molar-refractivity contribution < 1.29 is 9.26 Å². The van der Waals surface area contributed by atoms with Gasteiger partial charge in [0.2, 0.25) is 5.89 Å². The Morgan fingerprint density at radius 1 is 1.38 bits per heavy atom. The quantitative estimate of drug-likeness (QED) is 0.935. The van der Waals surface area contributed by atoms with Gasteiger partial charge in [-0.1, -0.05) is 34.4 Å². The fourth-order valence-electron chi connectivity index (χ4n) is 2.41. The fourth-order valence-corrected chi connectivity index (χ4v) is 2.94. The van der Waals surface area contributed by atoms with E-state index in [0.717, 1.165) is 18.5 Å². The van der Waals surface area contributed by atoms with Gasteiger partial charge in [0, 0.05) is 30.1 Å². The van der Waals surface area contributed by atoms with Gasteiger partial charge in [0.1, 0.15) is 0 Å². The highest BCUT2D eigenvalue weighted by atomic mass is 35.5. The number of rotatable bonds is 4. The Balaban J connectivity index is 1.74. The molecule has 21 heavy (non-hydrogen) atoms. The lowest BCUT2D eigenvalue weighted by Gasteiger charge is -2.04. The van der Waals surface area contributed by atoms with Gasteiger partial charge in [0.15, 0.2) is 5.82 Å². The van der Waals surface area contributed by atoms with E-state index in [0.29, 0.717) is 28.2 Å². The van der Waals surface area contributed by atoms with Crippen molar-refractivity contribution in [1.29, 1.82) is 0 Å². The Morgan fingerprint density at radius 3 is 2.81 bits per heavy atom. The summed E-state index contributed by atoms with van der Waals surface area (Å²) in [5.74, 6) is 1.15. The minimum atomic E-state index is 0.0397. The third kappa shape index (κ3) is 3.21. The summed E-state index contributed by atoms with van der Waals surface area (Å²) in [4.78, 5) is 4.43. The molecule has 0 saturated carbocycles. The summed E-state index contributed by atoms with van der Waals surface area (Å²) in [7, 11) is 1.70. The van der Waals surface area contributed by atoms with Crippen LogP contribution in [0, 0.1) is 0 Å². The maximum atomic E-state index is 6.15. The summed E-state index contributed by atoms with van der Waals surface area (Å²) in [6.07, 6.45) is 1.45. The molecule has 1 aliphatic heterocycles. The Hall–Kier alpha value is -1.14. The molecule has 2 heterocycles. The average molecular weight is 328 g/mol. The van der Waals surface area contributed by atoms with Crippen LogP contribution in [-0.2, 0) is 11.2 Å². The van der Waals surface area contributed by atoms with E-state index in [2.05, 4.69) is 15.5 Å². The lowest BCUT2D eigenvalue weighted by Crippen LogP contribution is -2.16. The van der Waals surface area contributed by atoms with Gasteiger partial charge < -0.3 is 14.6 Å². The molecular weight excluding hydrogens is 313 g/mol. The average Bonchev–Trinajstić information content (AvgIpc) is 3.11. The topological polar surface area (TPSA) is 60.2 Å². The van der Waals surface area contributed by atoms with Crippen molar-refractivity contribution in [3.63, 3.8) is 0 Å². The molecule has 1 aromatic carbocycles. The number of hydrogen-bond donors (Lipinski definition) is 1. The van der Waals surface area contributed by atoms with Gasteiger partial charge >= 0.3 is 0 Å². The zero-order valence-corrected chi connectivity index (χ0v) is 13.0. The highest BCUT2D eigenvalue weighted by molar-refractivity contribution is 6.36. The third-order valence-electron chi connectivity index (χ3n) is 3.60. The second-order valence-electron chi connectivity index (χ2n) is 4.98. The SMILES string of the molecule is CO[C@@H]1CN[C@@H](c2nc(Cc3c(Cl)cccc3Cl)no2)C1. The molecule has 112 valence electrons. The minimum Gasteiger partial charge on any atom is -0.380 e. The second kappa shape index (κ2) is 6.32. The first-order chi connectivity index (χ1) is 10.2. The summed E-state index contributed by atoms with van der Waals surface area (Å²) in [6.45, 7) is 0.787. The van der Waals surface area contributed by atoms with Crippen LogP contribution < -0.4 is 5.32 Å². The number of nitrogens with one attached hydrogen (secondary N) is 1. The van der Waals surface area contributed by atoms with Crippen molar-refractivity contribution in [2.75, 3.05) is 13.7 Å². The summed E-state index contributed by atoms with van der Waals surface area (Å²) in [6, 6.07) is 5.44. The number of halogens is 2. The molecule has 1 aliphatic rings. The number of nitrogens with zero attached hydrogens (tertiary/aromatic N) is 2. The minimum absolute atomic E-state index is 0.0397. The van der Waals surface area contributed by atoms with Crippen LogP contribution in [0.25, 0.3) is 0 Å². The molecule has 7 heteroatoms. The molecule has 0 aliphatic carbocycles. The Morgan fingerprint density at radius 2 is 2.14 bits per heavy atom. The van der Waals surface area contributed by atoms with Gasteiger partial charge in [0.05, 0.1) is 12.1 Å². The predicted molar refractivity (Wildman–Crippen MR) is 79.7 cm³/mol. The van der Waals surface area contributed by atoms with Crippen LogP contribution >= 0.6 is 23.2 Å². The fraction of sp³-hybridized carbons (Fsp3) is 0.429. The molecule has 0 radical (unpaired) electrons. The van der Waals surface area contributed by atoms with Gasteiger partial charge in [-0.05, 0) is 24.1 Å². The van der Waals surface area contributed by atoms with E-state index >= 15 is 0 Å².